The highest BCUT2D eigenvalue weighted by Gasteiger charge is 2.36. The van der Waals surface area contributed by atoms with Gasteiger partial charge in [0.1, 0.15) is 11.4 Å². The molecule has 0 saturated heterocycles. The van der Waals surface area contributed by atoms with Gasteiger partial charge in [-0.05, 0) is 63.9 Å². The van der Waals surface area contributed by atoms with E-state index in [0.717, 1.165) is 5.39 Å². The van der Waals surface area contributed by atoms with E-state index in [-0.39, 0.29) is 21.4 Å². The highest BCUT2D eigenvalue weighted by molar-refractivity contribution is 7.94. The van der Waals surface area contributed by atoms with Crippen molar-refractivity contribution in [3.63, 3.8) is 0 Å². The summed E-state index contributed by atoms with van der Waals surface area (Å²) in [4.78, 5) is 13.3. The molecule has 1 aromatic heterocycles. The predicted molar refractivity (Wildman–Crippen MR) is 116 cm³/mol. The zero-order valence-electron chi connectivity index (χ0n) is 17.5. The van der Waals surface area contributed by atoms with Gasteiger partial charge in [0, 0.05) is 21.1 Å². The second kappa shape index (κ2) is 7.50. The van der Waals surface area contributed by atoms with Gasteiger partial charge in [-0.2, -0.15) is 5.26 Å². The van der Waals surface area contributed by atoms with E-state index in [1.54, 1.807) is 45.2 Å². The molecule has 3 aromatic rings. The molecule has 1 unspecified atom stereocenters. The van der Waals surface area contributed by atoms with E-state index in [2.05, 4.69) is 4.36 Å². The maximum absolute atomic E-state index is 15.0. The Hall–Kier alpha value is -3.18. The first-order chi connectivity index (χ1) is 14.6. The van der Waals surface area contributed by atoms with Gasteiger partial charge in [-0.1, -0.05) is 18.2 Å². The molecule has 160 valence electrons. The Morgan fingerprint density at radius 2 is 1.94 bits per heavy atom. The molecule has 0 radical (unpaired) electrons. The Balaban J connectivity index is 1.95. The molecule has 0 bridgehead atoms. The Bertz CT molecular complexity index is 1350. The third-order valence-electron chi connectivity index (χ3n) is 4.99. The van der Waals surface area contributed by atoms with Crippen LogP contribution in [0.15, 0.2) is 57.8 Å². The average Bonchev–Trinajstić information content (AvgIpc) is 3.48. The van der Waals surface area contributed by atoms with Crippen LogP contribution in [0.4, 0.5) is 9.18 Å². The maximum Gasteiger partial charge on any atom is 0.419 e. The van der Waals surface area contributed by atoms with E-state index in [1.807, 2.05) is 12.1 Å². The molecule has 1 atom stereocenters. The number of nitrogens with zero attached hydrogens (tertiary/aromatic N) is 3. The zero-order chi connectivity index (χ0) is 22.4. The van der Waals surface area contributed by atoms with Gasteiger partial charge in [0.2, 0.25) is 6.19 Å². The normalized spacial score (nSPS) is 15.8. The number of aromatic nitrogens is 1. The number of carbonyl (C=O) groups excluding carboxylic acids is 1. The van der Waals surface area contributed by atoms with Crippen LogP contribution < -0.4 is 0 Å². The number of rotatable bonds is 3. The summed E-state index contributed by atoms with van der Waals surface area (Å²) in [5, 5.41) is 9.58. The fraction of sp³-hybridized carbons (Fsp3) is 0.304. The van der Waals surface area contributed by atoms with Crippen LogP contribution in [0.25, 0.3) is 22.2 Å². The van der Waals surface area contributed by atoms with Crippen molar-refractivity contribution in [1.82, 2.24) is 4.57 Å². The molecule has 31 heavy (non-hydrogen) atoms. The van der Waals surface area contributed by atoms with Crippen molar-refractivity contribution in [3.05, 3.63) is 54.3 Å². The van der Waals surface area contributed by atoms with Crippen molar-refractivity contribution in [2.24, 2.45) is 4.36 Å². The lowest BCUT2D eigenvalue weighted by Gasteiger charge is -2.21. The first kappa shape index (κ1) is 21.1. The lowest BCUT2D eigenvalue weighted by molar-refractivity contribution is 0.0547. The van der Waals surface area contributed by atoms with Crippen molar-refractivity contribution in [1.29, 1.82) is 5.26 Å². The number of benzene rings is 2. The second-order valence-electron chi connectivity index (χ2n) is 8.51. The van der Waals surface area contributed by atoms with Crippen LogP contribution in [0.2, 0.25) is 0 Å². The second-order valence-corrected chi connectivity index (χ2v) is 11.0. The van der Waals surface area contributed by atoms with E-state index in [4.69, 9.17) is 10.00 Å². The number of para-hydroxylation sites is 1. The van der Waals surface area contributed by atoms with Crippen LogP contribution in [0.5, 0.6) is 0 Å². The van der Waals surface area contributed by atoms with E-state index >= 15 is 4.39 Å². The van der Waals surface area contributed by atoms with Crippen LogP contribution >= 0.6 is 0 Å². The molecule has 4 rings (SSSR count). The van der Waals surface area contributed by atoms with Gasteiger partial charge in [0.25, 0.3) is 0 Å². The van der Waals surface area contributed by atoms with Gasteiger partial charge in [-0.3, -0.25) is 0 Å². The monoisotopic (exact) mass is 439 g/mol. The van der Waals surface area contributed by atoms with Crippen LogP contribution in [-0.2, 0) is 14.5 Å². The number of hydrogen-bond acceptors (Lipinski definition) is 5. The predicted octanol–water partition coefficient (Wildman–Crippen LogP) is 5.70. The molecular weight excluding hydrogens is 417 g/mol. The van der Waals surface area contributed by atoms with Crippen molar-refractivity contribution in [2.45, 2.75) is 49.4 Å². The third kappa shape index (κ3) is 3.93. The molecular formula is C23H22FN3O3S. The minimum atomic E-state index is -2.99. The van der Waals surface area contributed by atoms with E-state index < -0.39 is 27.2 Å². The summed E-state index contributed by atoms with van der Waals surface area (Å²) < 4.78 is 39.0. The van der Waals surface area contributed by atoms with Gasteiger partial charge in [0.05, 0.1) is 20.9 Å². The Labute approximate surface area is 180 Å². The molecule has 1 fully saturated rings. The van der Waals surface area contributed by atoms with Gasteiger partial charge in [-0.15, -0.1) is 4.36 Å². The van der Waals surface area contributed by atoms with Gasteiger partial charge in [-0.25, -0.2) is 18.0 Å². The first-order valence-electron chi connectivity index (χ1n) is 9.92. The number of fused-ring (bicyclic) bond motifs is 1. The molecule has 8 heteroatoms. The molecule has 0 aliphatic heterocycles. The summed E-state index contributed by atoms with van der Waals surface area (Å²) >= 11 is 0. The highest BCUT2D eigenvalue weighted by Crippen LogP contribution is 2.38. The zero-order valence-corrected chi connectivity index (χ0v) is 18.3. The number of hydrogen-bond donors (Lipinski definition) is 0. The Morgan fingerprint density at radius 3 is 2.58 bits per heavy atom. The van der Waals surface area contributed by atoms with Gasteiger partial charge in [0.15, 0.2) is 0 Å². The van der Waals surface area contributed by atoms with Crippen LogP contribution in [-0.4, -0.2) is 25.7 Å². The summed E-state index contributed by atoms with van der Waals surface area (Å²) in [6.45, 7) is 5.27. The van der Waals surface area contributed by atoms with Gasteiger partial charge < -0.3 is 4.74 Å². The molecule has 0 spiro atoms. The standard InChI is InChI=1S/C23H22FN3O3S/c1-23(2,3)30-22(28)27-20-7-5-4-6-15(20)12-21(27)18-13-17(10-11-19(18)24)31(29,26-14-25)16-8-9-16/h4-7,10-13,16H,8-9H2,1-3H3. The summed E-state index contributed by atoms with van der Waals surface area (Å²) in [5.74, 6) is -0.578. The largest absolute Gasteiger partial charge is 0.443 e. The van der Waals surface area contributed by atoms with Crippen molar-refractivity contribution < 1.29 is 18.1 Å². The minimum absolute atomic E-state index is 0.0982. The SMILES string of the molecule is CC(C)(C)OC(=O)n1c(-c2cc(S(=O)(=NC#N)C3CC3)ccc2F)cc2ccccc21. The molecule has 1 aliphatic carbocycles. The van der Waals surface area contributed by atoms with E-state index in [0.29, 0.717) is 18.4 Å². The summed E-state index contributed by atoms with van der Waals surface area (Å²) in [5.41, 5.74) is 0.207. The Kier molecular flexibility index (Phi) is 5.10. The quantitative estimate of drug-likeness (QED) is 0.490. The highest BCUT2D eigenvalue weighted by atomic mass is 32.2. The molecule has 1 heterocycles. The molecule has 2 aromatic carbocycles. The lowest BCUT2D eigenvalue weighted by atomic mass is 10.1. The van der Waals surface area contributed by atoms with Crippen molar-refractivity contribution >= 4 is 26.7 Å². The van der Waals surface area contributed by atoms with E-state index in [9.17, 15) is 9.00 Å². The first-order valence-corrected chi connectivity index (χ1v) is 11.5. The van der Waals surface area contributed by atoms with Crippen LogP contribution in [0, 0.1) is 17.3 Å². The molecule has 1 aliphatic rings. The number of carbonyl (C=O) groups is 1. The molecule has 6 nitrogen and oxygen atoms in total. The van der Waals surface area contributed by atoms with Crippen molar-refractivity contribution in [2.75, 3.05) is 0 Å². The molecule has 1 saturated carbocycles. The lowest BCUT2D eigenvalue weighted by Crippen LogP contribution is -2.27. The smallest absolute Gasteiger partial charge is 0.419 e. The molecule has 0 amide bonds. The summed E-state index contributed by atoms with van der Waals surface area (Å²) in [6, 6.07) is 12.9. The number of nitriles is 1. The van der Waals surface area contributed by atoms with Crippen LogP contribution in [0.1, 0.15) is 33.6 Å². The topological polar surface area (TPSA) is 84.4 Å². The average molecular weight is 440 g/mol. The minimum Gasteiger partial charge on any atom is -0.443 e. The third-order valence-corrected chi connectivity index (χ3v) is 7.65. The summed E-state index contributed by atoms with van der Waals surface area (Å²) in [7, 11) is -2.99. The summed E-state index contributed by atoms with van der Waals surface area (Å²) in [6.07, 6.45) is 2.42. The van der Waals surface area contributed by atoms with Crippen molar-refractivity contribution in [3.8, 4) is 17.5 Å². The fourth-order valence-corrected chi connectivity index (χ4v) is 5.59. The van der Waals surface area contributed by atoms with Crippen LogP contribution in [0.3, 0.4) is 0 Å². The number of ether oxygens (including phenoxy) is 1. The maximum atomic E-state index is 15.0. The van der Waals surface area contributed by atoms with Gasteiger partial charge >= 0.3 is 6.09 Å². The fourth-order valence-electron chi connectivity index (χ4n) is 3.51. The Morgan fingerprint density at radius 1 is 1.23 bits per heavy atom. The number of halogens is 1. The molecule has 0 N–H and O–H groups in total. The van der Waals surface area contributed by atoms with E-state index in [1.165, 1.54) is 22.8 Å².